The van der Waals surface area contributed by atoms with Crippen molar-refractivity contribution in [1.82, 2.24) is 0 Å². The van der Waals surface area contributed by atoms with E-state index >= 15 is 0 Å². The zero-order valence-corrected chi connectivity index (χ0v) is 12.7. The molecule has 0 spiro atoms. The summed E-state index contributed by atoms with van der Waals surface area (Å²) in [6.07, 6.45) is 5.29. The van der Waals surface area contributed by atoms with Crippen LogP contribution in [-0.2, 0) is 19.3 Å². The third-order valence-electron chi connectivity index (χ3n) is 3.87. The van der Waals surface area contributed by atoms with Crippen molar-refractivity contribution in [2.75, 3.05) is 0 Å². The maximum Gasteiger partial charge on any atom is 0.127 e. The fraction of sp³-hybridized carbons (Fsp3) is 0.375. The Kier molecular flexibility index (Phi) is 4.11. The van der Waals surface area contributed by atoms with Crippen molar-refractivity contribution >= 4 is 22.9 Å². The molecule has 1 aliphatic carbocycles. The Labute approximate surface area is 127 Å². The van der Waals surface area contributed by atoms with Gasteiger partial charge in [0.1, 0.15) is 5.82 Å². The Morgan fingerprint density at radius 1 is 1.30 bits per heavy atom. The molecule has 2 aromatic rings. The largest absolute Gasteiger partial charge is 0.323 e. The summed E-state index contributed by atoms with van der Waals surface area (Å²) in [7, 11) is 0. The number of thiophene rings is 1. The lowest BCUT2D eigenvalue weighted by molar-refractivity contribution is 0.595. The molecule has 3 rings (SSSR count). The highest BCUT2D eigenvalue weighted by molar-refractivity contribution is 7.12. The zero-order valence-electron chi connectivity index (χ0n) is 11.2. The SMILES string of the molecule is NC(Cc1c(F)cccc1Cl)c1cc2c(s1)CCCC2. The number of hydrogen-bond donors (Lipinski definition) is 1. The molecule has 4 heteroatoms. The van der Waals surface area contributed by atoms with Crippen molar-refractivity contribution in [3.8, 4) is 0 Å². The standard InChI is InChI=1S/C16H17ClFNS/c17-12-5-3-6-13(18)11(12)9-14(19)16-8-10-4-1-2-7-15(10)20-16/h3,5-6,8,14H,1-2,4,7,9,19H2. The lowest BCUT2D eigenvalue weighted by atomic mass is 9.98. The van der Waals surface area contributed by atoms with Crippen LogP contribution in [0.2, 0.25) is 5.02 Å². The second-order valence-corrected chi connectivity index (χ2v) is 6.89. The third kappa shape index (κ3) is 2.76. The molecule has 0 saturated carbocycles. The topological polar surface area (TPSA) is 26.0 Å². The number of hydrogen-bond acceptors (Lipinski definition) is 2. The quantitative estimate of drug-likeness (QED) is 0.876. The highest BCUT2D eigenvalue weighted by Gasteiger charge is 2.19. The molecule has 0 fully saturated rings. The predicted molar refractivity (Wildman–Crippen MR) is 83.0 cm³/mol. The first kappa shape index (κ1) is 14.1. The Balaban J connectivity index is 1.82. The zero-order chi connectivity index (χ0) is 14.1. The first-order chi connectivity index (χ1) is 9.65. The van der Waals surface area contributed by atoms with Gasteiger partial charge in [0.15, 0.2) is 0 Å². The van der Waals surface area contributed by atoms with Gasteiger partial charge < -0.3 is 5.73 Å². The van der Waals surface area contributed by atoms with Crippen LogP contribution in [0, 0.1) is 5.82 Å². The minimum Gasteiger partial charge on any atom is -0.323 e. The molecule has 106 valence electrons. The molecule has 0 bridgehead atoms. The maximum absolute atomic E-state index is 13.8. The summed E-state index contributed by atoms with van der Waals surface area (Å²) in [6.45, 7) is 0. The highest BCUT2D eigenvalue weighted by atomic mass is 35.5. The number of aryl methyl sites for hydroxylation is 2. The van der Waals surface area contributed by atoms with E-state index in [1.807, 2.05) is 0 Å². The van der Waals surface area contributed by atoms with Crippen LogP contribution in [0.4, 0.5) is 4.39 Å². The molecular weight excluding hydrogens is 293 g/mol. The van der Waals surface area contributed by atoms with E-state index in [1.54, 1.807) is 23.5 Å². The van der Waals surface area contributed by atoms with Crippen molar-refractivity contribution in [3.05, 3.63) is 56.0 Å². The van der Waals surface area contributed by atoms with Gasteiger partial charge in [-0.15, -0.1) is 11.3 Å². The first-order valence-electron chi connectivity index (χ1n) is 6.95. The molecule has 0 saturated heterocycles. The molecular formula is C16H17ClFNS. The van der Waals surface area contributed by atoms with Gasteiger partial charge in [-0.3, -0.25) is 0 Å². The van der Waals surface area contributed by atoms with E-state index in [-0.39, 0.29) is 11.9 Å². The van der Waals surface area contributed by atoms with Gasteiger partial charge >= 0.3 is 0 Å². The van der Waals surface area contributed by atoms with E-state index in [9.17, 15) is 4.39 Å². The number of rotatable bonds is 3. The molecule has 1 heterocycles. The fourth-order valence-electron chi connectivity index (χ4n) is 2.74. The van der Waals surface area contributed by atoms with Gasteiger partial charge in [-0.05, 0) is 55.9 Å². The highest BCUT2D eigenvalue weighted by Crippen LogP contribution is 2.34. The fourth-order valence-corrected chi connectivity index (χ4v) is 4.24. The summed E-state index contributed by atoms with van der Waals surface area (Å²) in [5.74, 6) is -0.269. The van der Waals surface area contributed by atoms with E-state index < -0.39 is 0 Å². The average molecular weight is 310 g/mol. The van der Waals surface area contributed by atoms with Crippen LogP contribution in [0.1, 0.15) is 39.8 Å². The summed E-state index contributed by atoms with van der Waals surface area (Å²) in [5.41, 5.74) is 8.22. The van der Waals surface area contributed by atoms with Crippen molar-refractivity contribution < 1.29 is 4.39 Å². The molecule has 0 radical (unpaired) electrons. The first-order valence-corrected chi connectivity index (χ1v) is 8.14. The van der Waals surface area contributed by atoms with Gasteiger partial charge in [-0.2, -0.15) is 0 Å². The number of fused-ring (bicyclic) bond motifs is 1. The van der Waals surface area contributed by atoms with Gasteiger partial charge in [-0.1, -0.05) is 17.7 Å². The molecule has 1 nitrogen and oxygen atoms in total. The molecule has 1 aromatic carbocycles. The molecule has 20 heavy (non-hydrogen) atoms. The molecule has 1 atom stereocenters. The Hall–Kier alpha value is -0.900. The third-order valence-corrected chi connectivity index (χ3v) is 5.59. The van der Waals surface area contributed by atoms with E-state index in [0.29, 0.717) is 17.0 Å². The van der Waals surface area contributed by atoms with Gasteiger partial charge in [0.2, 0.25) is 0 Å². The van der Waals surface area contributed by atoms with Crippen LogP contribution >= 0.6 is 22.9 Å². The summed E-state index contributed by atoms with van der Waals surface area (Å²) in [5, 5.41) is 0.460. The van der Waals surface area contributed by atoms with Crippen LogP contribution in [0.15, 0.2) is 24.3 Å². The number of nitrogens with two attached hydrogens (primary N) is 1. The summed E-state index contributed by atoms with van der Waals surface area (Å²) >= 11 is 7.85. The minimum absolute atomic E-state index is 0.181. The molecule has 1 aromatic heterocycles. The Bertz CT molecular complexity index is 579. The summed E-state index contributed by atoms with van der Waals surface area (Å²) in [6, 6.07) is 6.80. The second-order valence-electron chi connectivity index (χ2n) is 5.32. The predicted octanol–water partition coefficient (Wildman–Crippen LogP) is 4.66. The van der Waals surface area contributed by atoms with Crippen molar-refractivity contribution in [3.63, 3.8) is 0 Å². The molecule has 1 unspecified atom stereocenters. The second kappa shape index (κ2) is 5.84. The number of halogens is 2. The molecule has 2 N–H and O–H groups in total. The van der Waals surface area contributed by atoms with Crippen LogP contribution in [-0.4, -0.2) is 0 Å². The Morgan fingerprint density at radius 3 is 2.85 bits per heavy atom. The van der Waals surface area contributed by atoms with E-state index in [2.05, 4.69) is 6.07 Å². The lowest BCUT2D eigenvalue weighted by Gasteiger charge is -2.11. The van der Waals surface area contributed by atoms with E-state index in [0.717, 1.165) is 17.7 Å². The summed E-state index contributed by atoms with van der Waals surface area (Å²) in [4.78, 5) is 2.61. The van der Waals surface area contributed by atoms with Crippen LogP contribution in [0.5, 0.6) is 0 Å². The Morgan fingerprint density at radius 2 is 2.10 bits per heavy atom. The van der Waals surface area contributed by atoms with Crippen molar-refractivity contribution in [1.29, 1.82) is 0 Å². The van der Waals surface area contributed by atoms with Crippen molar-refractivity contribution in [2.45, 2.75) is 38.1 Å². The van der Waals surface area contributed by atoms with Crippen LogP contribution in [0.25, 0.3) is 0 Å². The van der Waals surface area contributed by atoms with E-state index in [1.165, 1.54) is 29.3 Å². The normalized spacial score (nSPS) is 15.9. The molecule has 1 aliphatic rings. The van der Waals surface area contributed by atoms with Crippen LogP contribution < -0.4 is 5.73 Å². The monoisotopic (exact) mass is 309 g/mol. The van der Waals surface area contributed by atoms with Crippen LogP contribution in [0.3, 0.4) is 0 Å². The van der Waals surface area contributed by atoms with E-state index in [4.69, 9.17) is 17.3 Å². The maximum atomic E-state index is 13.8. The number of benzene rings is 1. The van der Waals surface area contributed by atoms with Gasteiger partial charge in [0.25, 0.3) is 0 Å². The lowest BCUT2D eigenvalue weighted by Crippen LogP contribution is -2.13. The van der Waals surface area contributed by atoms with Gasteiger partial charge in [-0.25, -0.2) is 4.39 Å². The average Bonchev–Trinajstić information content (AvgIpc) is 2.87. The minimum atomic E-state index is -0.269. The van der Waals surface area contributed by atoms with Gasteiger partial charge in [0, 0.05) is 26.4 Å². The summed E-state index contributed by atoms with van der Waals surface area (Å²) < 4.78 is 13.8. The smallest absolute Gasteiger partial charge is 0.127 e. The molecule has 0 amide bonds. The van der Waals surface area contributed by atoms with Crippen molar-refractivity contribution in [2.24, 2.45) is 5.73 Å². The van der Waals surface area contributed by atoms with Gasteiger partial charge in [0.05, 0.1) is 0 Å². The molecule has 0 aliphatic heterocycles.